The number of carbonyl (C=O) groups is 2. The largest absolute Gasteiger partial charge is 0.494 e. The third-order valence-electron chi connectivity index (χ3n) is 6.96. The molecule has 7 heteroatoms. The standard InChI is InChI=1S/C28H26N4O3/c1-2-35-20-12-10-18(11-13-20)26-25-22(21-8-3-4-9-23(21)30-25)17-24-27(33)31(28(34)32(24)26)16-14-19-7-5-6-15-29-19/h3-13,15,24,26,30H,2,14,16-17H2,1H3/t24-,26+/m1/s1. The molecule has 2 aliphatic rings. The van der Waals surface area contributed by atoms with Gasteiger partial charge in [-0.2, -0.15) is 0 Å². The summed E-state index contributed by atoms with van der Waals surface area (Å²) in [6, 6.07) is 20.5. The summed E-state index contributed by atoms with van der Waals surface area (Å²) in [5.74, 6) is 0.638. The fourth-order valence-corrected chi connectivity index (χ4v) is 5.37. The number of ether oxygens (including phenoxy) is 1. The van der Waals surface area contributed by atoms with E-state index in [-0.39, 0.29) is 18.0 Å². The second kappa shape index (κ2) is 8.58. The van der Waals surface area contributed by atoms with Gasteiger partial charge in [-0.1, -0.05) is 36.4 Å². The molecule has 2 atom stereocenters. The quantitative estimate of drug-likeness (QED) is 0.425. The van der Waals surface area contributed by atoms with Crippen molar-refractivity contribution in [2.75, 3.05) is 13.2 Å². The maximum atomic E-state index is 13.7. The zero-order chi connectivity index (χ0) is 23.9. The lowest BCUT2D eigenvalue weighted by molar-refractivity contribution is -0.128. The third kappa shape index (κ3) is 3.55. The highest BCUT2D eigenvalue weighted by atomic mass is 16.5. The molecule has 2 aliphatic heterocycles. The van der Waals surface area contributed by atoms with Crippen molar-refractivity contribution in [2.45, 2.75) is 31.8 Å². The predicted molar refractivity (Wildman–Crippen MR) is 132 cm³/mol. The molecule has 2 aromatic carbocycles. The van der Waals surface area contributed by atoms with E-state index in [0.717, 1.165) is 39.2 Å². The van der Waals surface area contributed by atoms with Crippen LogP contribution in [0.1, 0.15) is 35.5 Å². The van der Waals surface area contributed by atoms with Gasteiger partial charge in [0.2, 0.25) is 0 Å². The molecule has 3 amide bonds. The summed E-state index contributed by atoms with van der Waals surface area (Å²) >= 11 is 0. The van der Waals surface area contributed by atoms with Crippen molar-refractivity contribution in [1.82, 2.24) is 19.8 Å². The molecule has 176 valence electrons. The fourth-order valence-electron chi connectivity index (χ4n) is 5.37. The highest BCUT2D eigenvalue weighted by Crippen LogP contribution is 2.44. The van der Waals surface area contributed by atoms with E-state index in [1.807, 2.05) is 67.6 Å². The number of carbonyl (C=O) groups excluding carboxylic acids is 2. The topological polar surface area (TPSA) is 78.5 Å². The van der Waals surface area contributed by atoms with E-state index < -0.39 is 6.04 Å². The molecule has 7 nitrogen and oxygen atoms in total. The molecule has 0 saturated carbocycles. The number of aromatic amines is 1. The zero-order valence-electron chi connectivity index (χ0n) is 19.5. The third-order valence-corrected chi connectivity index (χ3v) is 6.96. The Bertz CT molecular complexity index is 1400. The average molecular weight is 467 g/mol. The highest BCUT2D eigenvalue weighted by Gasteiger charge is 2.52. The van der Waals surface area contributed by atoms with Crippen molar-refractivity contribution < 1.29 is 14.3 Å². The number of pyridine rings is 1. The number of urea groups is 1. The van der Waals surface area contributed by atoms with Crippen molar-refractivity contribution in [1.29, 1.82) is 0 Å². The monoisotopic (exact) mass is 466 g/mol. The van der Waals surface area contributed by atoms with E-state index in [2.05, 4.69) is 16.0 Å². The van der Waals surface area contributed by atoms with Gasteiger partial charge in [0.25, 0.3) is 5.91 Å². The maximum Gasteiger partial charge on any atom is 0.328 e. The van der Waals surface area contributed by atoms with Crippen LogP contribution in [0.3, 0.4) is 0 Å². The Labute approximate surface area is 203 Å². The minimum Gasteiger partial charge on any atom is -0.494 e. The van der Waals surface area contributed by atoms with Crippen LogP contribution in [0.5, 0.6) is 5.75 Å². The number of nitrogens with zero attached hydrogens (tertiary/aromatic N) is 3. The second-order valence-electron chi connectivity index (χ2n) is 8.94. The Morgan fingerprint density at radius 2 is 1.83 bits per heavy atom. The van der Waals surface area contributed by atoms with Gasteiger partial charge in [-0.25, -0.2) is 4.79 Å². The predicted octanol–water partition coefficient (Wildman–Crippen LogP) is 4.48. The Kier molecular flexibility index (Phi) is 5.25. The first-order valence-corrected chi connectivity index (χ1v) is 12.0. The van der Waals surface area contributed by atoms with Crippen molar-refractivity contribution in [3.05, 3.63) is 95.4 Å². The average Bonchev–Trinajstić information content (AvgIpc) is 3.37. The van der Waals surface area contributed by atoms with Gasteiger partial charge in [-0.15, -0.1) is 0 Å². The molecule has 0 radical (unpaired) electrons. The van der Waals surface area contributed by atoms with Crippen molar-refractivity contribution in [3.63, 3.8) is 0 Å². The van der Waals surface area contributed by atoms with Crippen molar-refractivity contribution in [3.8, 4) is 5.75 Å². The van der Waals surface area contributed by atoms with Gasteiger partial charge in [-0.3, -0.25) is 19.6 Å². The molecule has 1 N–H and O–H groups in total. The van der Waals surface area contributed by atoms with Gasteiger partial charge in [0, 0.05) is 47.9 Å². The number of imide groups is 1. The molecular weight excluding hydrogens is 440 g/mol. The fraction of sp³-hybridized carbons (Fsp3) is 0.250. The highest BCUT2D eigenvalue weighted by molar-refractivity contribution is 6.05. The number of nitrogens with one attached hydrogen (secondary N) is 1. The maximum absolute atomic E-state index is 13.7. The molecular formula is C28H26N4O3. The van der Waals surface area contributed by atoms with Gasteiger partial charge in [-0.05, 0) is 48.4 Å². The molecule has 4 heterocycles. The van der Waals surface area contributed by atoms with Crippen LogP contribution in [0, 0.1) is 0 Å². The van der Waals surface area contributed by atoms with E-state index in [4.69, 9.17) is 4.74 Å². The smallest absolute Gasteiger partial charge is 0.328 e. The molecule has 2 aromatic heterocycles. The number of para-hydroxylation sites is 1. The first-order chi connectivity index (χ1) is 17.2. The summed E-state index contributed by atoms with van der Waals surface area (Å²) in [7, 11) is 0. The van der Waals surface area contributed by atoms with Gasteiger partial charge in [0.1, 0.15) is 17.8 Å². The van der Waals surface area contributed by atoms with E-state index >= 15 is 0 Å². The number of hydrogen-bond acceptors (Lipinski definition) is 4. The number of fused-ring (bicyclic) bond motifs is 4. The Morgan fingerprint density at radius 3 is 2.60 bits per heavy atom. The van der Waals surface area contributed by atoms with E-state index in [9.17, 15) is 9.59 Å². The summed E-state index contributed by atoms with van der Waals surface area (Å²) in [5, 5.41) is 1.10. The first kappa shape index (κ1) is 21.4. The number of aromatic nitrogens is 2. The molecule has 0 unspecified atom stereocenters. The Morgan fingerprint density at radius 1 is 1.03 bits per heavy atom. The van der Waals surface area contributed by atoms with Crippen LogP contribution >= 0.6 is 0 Å². The van der Waals surface area contributed by atoms with Crippen LogP contribution in [0.25, 0.3) is 10.9 Å². The van der Waals surface area contributed by atoms with Gasteiger partial charge in [0.15, 0.2) is 0 Å². The number of benzene rings is 2. The summed E-state index contributed by atoms with van der Waals surface area (Å²) in [4.78, 5) is 38.4. The van der Waals surface area contributed by atoms with Gasteiger partial charge in [0.05, 0.1) is 6.61 Å². The molecule has 6 rings (SSSR count). The van der Waals surface area contributed by atoms with E-state index in [0.29, 0.717) is 26.0 Å². The summed E-state index contributed by atoms with van der Waals surface area (Å²) in [6.07, 6.45) is 2.75. The number of H-pyrrole nitrogens is 1. The molecule has 4 aromatic rings. The normalized spacial score (nSPS) is 19.2. The van der Waals surface area contributed by atoms with E-state index in [1.54, 1.807) is 11.1 Å². The van der Waals surface area contributed by atoms with Gasteiger partial charge >= 0.3 is 6.03 Å². The van der Waals surface area contributed by atoms with Crippen LogP contribution in [-0.4, -0.2) is 50.9 Å². The number of amides is 3. The SMILES string of the molecule is CCOc1ccc([C@H]2c3[nH]c4ccccc4c3C[C@@H]3C(=O)N(CCc4ccccn4)C(=O)N23)cc1. The van der Waals surface area contributed by atoms with Crippen molar-refractivity contribution >= 4 is 22.8 Å². The summed E-state index contributed by atoms with van der Waals surface area (Å²) in [5.41, 5.74) is 4.89. The summed E-state index contributed by atoms with van der Waals surface area (Å²) in [6.45, 7) is 2.85. The molecule has 0 aliphatic carbocycles. The lowest BCUT2D eigenvalue weighted by Crippen LogP contribution is -2.44. The molecule has 1 saturated heterocycles. The molecule has 0 spiro atoms. The Hall–Kier alpha value is -4.13. The van der Waals surface area contributed by atoms with Crippen molar-refractivity contribution in [2.24, 2.45) is 0 Å². The second-order valence-corrected chi connectivity index (χ2v) is 8.94. The first-order valence-electron chi connectivity index (χ1n) is 12.0. The van der Waals surface area contributed by atoms with Crippen LogP contribution in [-0.2, 0) is 17.6 Å². The lowest BCUT2D eigenvalue weighted by Gasteiger charge is -2.36. The number of rotatable bonds is 6. The van der Waals surface area contributed by atoms with Crippen LogP contribution in [0.4, 0.5) is 4.79 Å². The van der Waals surface area contributed by atoms with E-state index in [1.165, 1.54) is 4.90 Å². The molecule has 0 bridgehead atoms. The van der Waals surface area contributed by atoms with Crippen LogP contribution < -0.4 is 4.74 Å². The lowest BCUT2D eigenvalue weighted by atomic mass is 9.89. The molecule has 35 heavy (non-hydrogen) atoms. The molecule has 1 fully saturated rings. The zero-order valence-corrected chi connectivity index (χ0v) is 19.5. The minimum atomic E-state index is -0.533. The van der Waals surface area contributed by atoms with Gasteiger partial charge < -0.3 is 9.72 Å². The number of hydrogen-bond donors (Lipinski definition) is 1. The summed E-state index contributed by atoms with van der Waals surface area (Å²) < 4.78 is 5.62. The minimum absolute atomic E-state index is 0.141. The van der Waals surface area contributed by atoms with Crippen LogP contribution in [0.2, 0.25) is 0 Å². The van der Waals surface area contributed by atoms with Crippen LogP contribution in [0.15, 0.2) is 72.9 Å². The Balaban J connectivity index is 1.40.